The van der Waals surface area contributed by atoms with Crippen LogP contribution in [0.2, 0.25) is 0 Å². The quantitative estimate of drug-likeness (QED) is 0.464. The van der Waals surface area contributed by atoms with E-state index in [1.54, 1.807) is 4.90 Å². The summed E-state index contributed by atoms with van der Waals surface area (Å²) in [6.07, 6.45) is -3.90. The van der Waals surface area contributed by atoms with Gasteiger partial charge in [-0.05, 0) is 52.8 Å². The Morgan fingerprint density at radius 1 is 1.07 bits per heavy atom. The lowest BCUT2D eigenvalue weighted by Gasteiger charge is -2.30. The molecule has 29 heavy (non-hydrogen) atoms. The molecular formula is C21H22BrF4NO2. The Morgan fingerprint density at radius 2 is 1.69 bits per heavy atom. The molecule has 3 rings (SSSR count). The number of nitrogens with zero attached hydrogens (tertiary/aromatic N) is 1. The minimum atomic E-state index is -4.90. The minimum Gasteiger partial charge on any atom is -0.308 e. The molecule has 1 heterocycles. The van der Waals surface area contributed by atoms with E-state index >= 15 is 0 Å². The van der Waals surface area contributed by atoms with E-state index < -0.39 is 11.8 Å². The number of anilines is 1. The second-order valence-corrected chi connectivity index (χ2v) is 7.47. The fraction of sp³-hybridized carbons (Fsp3) is 0.381. The van der Waals surface area contributed by atoms with Gasteiger partial charge in [0.1, 0.15) is 0 Å². The summed E-state index contributed by atoms with van der Waals surface area (Å²) in [5, 5.41) is 0. The van der Waals surface area contributed by atoms with E-state index in [0.29, 0.717) is 25.3 Å². The molecule has 0 N–H and O–H groups in total. The summed E-state index contributed by atoms with van der Waals surface area (Å²) in [6, 6.07) is 10.8. The second kappa shape index (κ2) is 9.26. The van der Waals surface area contributed by atoms with Gasteiger partial charge in [0.15, 0.2) is 0 Å². The molecule has 1 amide bonds. The van der Waals surface area contributed by atoms with E-state index in [-0.39, 0.29) is 18.0 Å². The van der Waals surface area contributed by atoms with Crippen molar-refractivity contribution < 1.29 is 27.4 Å². The van der Waals surface area contributed by atoms with Crippen LogP contribution in [-0.2, 0) is 28.3 Å². The van der Waals surface area contributed by atoms with Gasteiger partial charge in [0.2, 0.25) is 11.5 Å². The van der Waals surface area contributed by atoms with Gasteiger partial charge in [-0.2, -0.15) is 18.1 Å². The smallest absolute Gasteiger partial charge is 0.308 e. The third kappa shape index (κ3) is 4.80. The van der Waals surface area contributed by atoms with Crippen LogP contribution >= 0.6 is 15.9 Å². The molecule has 3 nitrogen and oxygen atoms in total. The first kappa shape index (κ1) is 23.3. The molecule has 0 spiro atoms. The average Bonchev–Trinajstić information content (AvgIpc) is 2.70. The number of carbonyl (C=O) groups excluding carboxylic acids is 1. The number of carbonyl (C=O) groups is 1. The van der Waals surface area contributed by atoms with Gasteiger partial charge in [-0.1, -0.05) is 54.0 Å². The predicted molar refractivity (Wildman–Crippen MR) is 107 cm³/mol. The van der Waals surface area contributed by atoms with Gasteiger partial charge in [0, 0.05) is 16.6 Å². The zero-order valence-electron chi connectivity index (χ0n) is 16.3. The molecule has 0 radical (unpaired) electrons. The van der Waals surface area contributed by atoms with E-state index in [1.807, 2.05) is 32.0 Å². The highest BCUT2D eigenvalue weighted by Gasteiger charge is 2.55. The molecule has 0 saturated heterocycles. The van der Waals surface area contributed by atoms with Crippen LogP contribution < -0.4 is 4.90 Å². The van der Waals surface area contributed by atoms with Crippen molar-refractivity contribution in [1.29, 1.82) is 0 Å². The van der Waals surface area contributed by atoms with Crippen LogP contribution in [0.15, 0.2) is 46.9 Å². The molecule has 0 saturated carbocycles. The van der Waals surface area contributed by atoms with E-state index in [0.717, 1.165) is 15.7 Å². The zero-order valence-corrected chi connectivity index (χ0v) is 17.9. The van der Waals surface area contributed by atoms with Crippen molar-refractivity contribution in [2.45, 2.75) is 51.9 Å². The number of hydrogen-bond acceptors (Lipinski definition) is 2. The molecule has 158 valence electrons. The number of fused-ring (bicyclic) bond motifs is 1. The van der Waals surface area contributed by atoms with Crippen LogP contribution in [0.25, 0.3) is 0 Å². The van der Waals surface area contributed by atoms with Crippen LogP contribution in [0.4, 0.5) is 23.4 Å². The number of alkyl halides is 3. The Balaban J connectivity index is 0.00000145. The van der Waals surface area contributed by atoms with Gasteiger partial charge in [-0.15, -0.1) is 0 Å². The molecular weight excluding hydrogens is 454 g/mol. The Labute approximate surface area is 175 Å². The van der Waals surface area contributed by atoms with Gasteiger partial charge in [0.25, 0.3) is 0 Å². The maximum absolute atomic E-state index is 13.1. The molecule has 1 aliphatic rings. The number of hydrogen-bond donors (Lipinski definition) is 0. The molecule has 0 bridgehead atoms. The van der Waals surface area contributed by atoms with Gasteiger partial charge < -0.3 is 4.90 Å². The SMILES string of the molecule is CC.CC(OF)(c1ccc(CN2C(=O)CCc3cc(Br)ccc32)cc1)C(F)(F)F. The van der Waals surface area contributed by atoms with Crippen LogP contribution in [-0.4, -0.2) is 12.1 Å². The van der Waals surface area contributed by atoms with Crippen molar-refractivity contribution in [2.75, 3.05) is 4.90 Å². The first-order valence-corrected chi connectivity index (χ1v) is 9.99. The summed E-state index contributed by atoms with van der Waals surface area (Å²) < 4.78 is 52.9. The first-order valence-electron chi connectivity index (χ1n) is 9.20. The zero-order chi connectivity index (χ0) is 21.8. The Morgan fingerprint density at radius 3 is 2.24 bits per heavy atom. The highest BCUT2D eigenvalue weighted by molar-refractivity contribution is 9.10. The van der Waals surface area contributed by atoms with Crippen molar-refractivity contribution >= 4 is 27.5 Å². The molecule has 1 aliphatic heterocycles. The van der Waals surface area contributed by atoms with Crippen LogP contribution in [0.3, 0.4) is 0 Å². The highest BCUT2D eigenvalue weighted by atomic mass is 79.9. The molecule has 1 unspecified atom stereocenters. The molecule has 0 aliphatic carbocycles. The average molecular weight is 476 g/mol. The van der Waals surface area contributed by atoms with Gasteiger partial charge in [-0.3, -0.25) is 4.79 Å². The van der Waals surface area contributed by atoms with Gasteiger partial charge >= 0.3 is 6.18 Å². The van der Waals surface area contributed by atoms with E-state index in [2.05, 4.69) is 20.9 Å². The van der Waals surface area contributed by atoms with Gasteiger partial charge in [0.05, 0.1) is 6.54 Å². The summed E-state index contributed by atoms with van der Waals surface area (Å²) in [4.78, 5) is 17.2. The lowest BCUT2D eigenvalue weighted by Crippen LogP contribution is -2.40. The maximum Gasteiger partial charge on any atom is 0.424 e. The van der Waals surface area contributed by atoms with Crippen molar-refractivity contribution in [3.8, 4) is 0 Å². The number of rotatable bonds is 4. The Kier molecular flexibility index (Phi) is 7.45. The molecule has 8 heteroatoms. The summed E-state index contributed by atoms with van der Waals surface area (Å²) in [7, 11) is 0. The number of amides is 1. The fourth-order valence-electron chi connectivity index (χ4n) is 3.06. The number of halogens is 5. The number of aryl methyl sites for hydroxylation is 1. The topological polar surface area (TPSA) is 29.5 Å². The van der Waals surface area contributed by atoms with Crippen LogP contribution in [0, 0.1) is 0 Å². The Bertz CT molecular complexity index is 855. The lowest BCUT2D eigenvalue weighted by molar-refractivity contribution is -0.353. The summed E-state index contributed by atoms with van der Waals surface area (Å²) in [6.45, 7) is 4.84. The van der Waals surface area contributed by atoms with Crippen molar-refractivity contribution in [3.63, 3.8) is 0 Å². The molecule has 0 aromatic heterocycles. The van der Waals surface area contributed by atoms with E-state index in [9.17, 15) is 22.5 Å². The summed E-state index contributed by atoms with van der Waals surface area (Å²) in [5.41, 5.74) is -0.950. The maximum atomic E-state index is 13.1. The largest absolute Gasteiger partial charge is 0.424 e. The molecule has 2 aromatic carbocycles. The fourth-order valence-corrected chi connectivity index (χ4v) is 3.47. The summed E-state index contributed by atoms with van der Waals surface area (Å²) >= 11 is 3.40. The first-order chi connectivity index (χ1) is 13.7. The third-order valence-corrected chi connectivity index (χ3v) is 5.28. The third-order valence-electron chi connectivity index (χ3n) is 4.78. The molecule has 2 aromatic rings. The van der Waals surface area contributed by atoms with Gasteiger partial charge in [-0.25, -0.2) is 0 Å². The standard InChI is InChI=1S/C19H16BrF4NO2.C2H6/c1-18(27-24,19(21,22)23)14-5-2-12(3-6-14)11-25-16-8-7-15(20)10-13(16)4-9-17(25)26;1-2/h2-3,5-8,10H,4,9,11H2,1H3;1-2H3. The lowest BCUT2D eigenvalue weighted by atomic mass is 9.94. The minimum absolute atomic E-state index is 0.0545. The van der Waals surface area contributed by atoms with E-state index in [4.69, 9.17) is 0 Å². The second-order valence-electron chi connectivity index (χ2n) is 6.56. The van der Waals surface area contributed by atoms with Crippen LogP contribution in [0.5, 0.6) is 0 Å². The van der Waals surface area contributed by atoms with Crippen LogP contribution in [0.1, 0.15) is 43.9 Å². The predicted octanol–water partition coefficient (Wildman–Crippen LogP) is 6.63. The van der Waals surface area contributed by atoms with Crippen molar-refractivity contribution in [2.24, 2.45) is 0 Å². The molecule has 1 atom stereocenters. The number of benzene rings is 2. The Hall–Kier alpha value is -1.93. The summed E-state index contributed by atoms with van der Waals surface area (Å²) in [5.74, 6) is -0.0545. The van der Waals surface area contributed by atoms with Crippen molar-refractivity contribution in [1.82, 2.24) is 0 Å². The molecule has 0 fully saturated rings. The van der Waals surface area contributed by atoms with Crippen molar-refractivity contribution in [3.05, 3.63) is 63.6 Å². The normalized spacial score (nSPS) is 15.9. The van der Waals surface area contributed by atoms with E-state index in [1.165, 1.54) is 24.3 Å². The highest BCUT2D eigenvalue weighted by Crippen LogP contribution is 2.42. The monoisotopic (exact) mass is 475 g/mol.